The molecule has 2 saturated carbocycles. The van der Waals surface area contributed by atoms with Crippen LogP contribution in [-0.2, 0) is 38.1 Å². The molecular formula is C35H70O8. The minimum atomic E-state index is -0.486. The molecule has 2 rings (SSSR count). The zero-order valence-electron chi connectivity index (χ0n) is 25.9. The molecule has 0 aromatic heterocycles. The monoisotopic (exact) mass is 619 g/mol. The van der Waals surface area contributed by atoms with Gasteiger partial charge in [0.2, 0.25) is 0 Å². The maximum absolute atomic E-state index is 11.9. The standard InChI is InChI=1S/C16H28O4.C15H26O4.4CH4/c1-5-15(3,4)14(18)19-12-9-13(17)20-16(6-2)10-7-8-11-16;1-5-14(2,3)13(17)18-11-8-12(16)19-15(4)9-6-7-10-15;;;;/h5-12H2,1-4H3;5-11H2,1-4H3;4*1H4. The molecule has 0 aromatic rings. The number of carbonyl (C=O) groups is 4. The average Bonchev–Trinajstić information content (AvgIpc) is 3.53. The van der Waals surface area contributed by atoms with Crippen LogP contribution in [-0.4, -0.2) is 48.3 Å². The molecule has 8 heteroatoms. The zero-order chi connectivity index (χ0) is 29.7. The molecule has 0 heterocycles. The average molecular weight is 619 g/mol. The van der Waals surface area contributed by atoms with Crippen molar-refractivity contribution < 1.29 is 38.1 Å². The SMILES string of the molecule is C.C.C.C.CCC(C)(C)C(=O)OCCC(=O)OC1(C)CCCC1.CCC1(OC(=O)CCOC(=O)C(C)(C)CC)CCCC1. The molecule has 8 nitrogen and oxygen atoms in total. The summed E-state index contributed by atoms with van der Waals surface area (Å²) in [5.41, 5.74) is -1.53. The third-order valence-electron chi connectivity index (χ3n) is 8.46. The number of hydrogen-bond acceptors (Lipinski definition) is 8. The van der Waals surface area contributed by atoms with E-state index in [4.69, 9.17) is 18.9 Å². The summed E-state index contributed by atoms with van der Waals surface area (Å²) in [5.74, 6) is -1.03. The van der Waals surface area contributed by atoms with Crippen LogP contribution in [0.25, 0.3) is 0 Å². The van der Waals surface area contributed by atoms with Crippen molar-refractivity contribution in [3.05, 3.63) is 0 Å². The van der Waals surface area contributed by atoms with Crippen LogP contribution in [0.2, 0.25) is 0 Å². The Morgan fingerprint density at radius 1 is 0.605 bits per heavy atom. The number of rotatable bonds is 13. The second kappa shape index (κ2) is 21.6. The van der Waals surface area contributed by atoms with Gasteiger partial charge in [0.15, 0.2) is 0 Å². The van der Waals surface area contributed by atoms with Crippen LogP contribution >= 0.6 is 0 Å². The highest BCUT2D eigenvalue weighted by atomic mass is 16.6. The van der Waals surface area contributed by atoms with E-state index in [1.54, 1.807) is 0 Å². The minimum Gasteiger partial charge on any atom is -0.465 e. The summed E-state index contributed by atoms with van der Waals surface area (Å²) >= 11 is 0. The molecule has 0 aromatic carbocycles. The second-order valence-electron chi connectivity index (χ2n) is 12.6. The predicted octanol–water partition coefficient (Wildman–Crippen LogP) is 9.40. The van der Waals surface area contributed by atoms with Crippen molar-refractivity contribution in [3.8, 4) is 0 Å². The van der Waals surface area contributed by atoms with Gasteiger partial charge in [0, 0.05) is 0 Å². The lowest BCUT2D eigenvalue weighted by atomic mass is 9.91. The summed E-state index contributed by atoms with van der Waals surface area (Å²) in [5, 5.41) is 0. The van der Waals surface area contributed by atoms with E-state index < -0.39 is 10.8 Å². The van der Waals surface area contributed by atoms with Gasteiger partial charge in [0.25, 0.3) is 0 Å². The Morgan fingerprint density at radius 3 is 1.30 bits per heavy atom. The number of esters is 4. The summed E-state index contributed by atoms with van der Waals surface area (Å²) in [4.78, 5) is 47.0. The molecule has 258 valence electrons. The Kier molecular flexibility index (Phi) is 24.0. The van der Waals surface area contributed by atoms with E-state index in [0.29, 0.717) is 6.42 Å². The Morgan fingerprint density at radius 2 is 0.953 bits per heavy atom. The topological polar surface area (TPSA) is 105 Å². The number of ether oxygens (including phenoxy) is 4. The highest BCUT2D eigenvalue weighted by Crippen LogP contribution is 2.36. The van der Waals surface area contributed by atoms with Crippen molar-refractivity contribution in [1.82, 2.24) is 0 Å². The van der Waals surface area contributed by atoms with E-state index in [1.165, 1.54) is 0 Å². The van der Waals surface area contributed by atoms with E-state index in [2.05, 4.69) is 6.92 Å². The molecule has 0 unspecified atom stereocenters. The van der Waals surface area contributed by atoms with Crippen LogP contribution in [0, 0.1) is 10.8 Å². The van der Waals surface area contributed by atoms with E-state index >= 15 is 0 Å². The third kappa shape index (κ3) is 16.5. The fraction of sp³-hybridized carbons (Fsp3) is 0.886. The quantitative estimate of drug-likeness (QED) is 0.148. The van der Waals surface area contributed by atoms with Gasteiger partial charge in [-0.3, -0.25) is 19.2 Å². The van der Waals surface area contributed by atoms with Gasteiger partial charge in [-0.2, -0.15) is 0 Å². The van der Waals surface area contributed by atoms with Crippen LogP contribution in [0.1, 0.15) is 169 Å². The Balaban J connectivity index is -0.000000324. The van der Waals surface area contributed by atoms with Crippen molar-refractivity contribution in [2.24, 2.45) is 10.8 Å². The van der Waals surface area contributed by atoms with Gasteiger partial charge in [-0.1, -0.05) is 50.5 Å². The fourth-order valence-corrected chi connectivity index (χ4v) is 4.52. The molecular weight excluding hydrogens is 548 g/mol. The van der Waals surface area contributed by atoms with Gasteiger partial charge in [-0.25, -0.2) is 0 Å². The van der Waals surface area contributed by atoms with Crippen LogP contribution in [0.3, 0.4) is 0 Å². The molecule has 0 N–H and O–H groups in total. The van der Waals surface area contributed by atoms with Gasteiger partial charge in [0.1, 0.15) is 24.4 Å². The van der Waals surface area contributed by atoms with Crippen LogP contribution < -0.4 is 0 Å². The minimum absolute atomic E-state index is 0. The largest absolute Gasteiger partial charge is 0.465 e. The first-order chi connectivity index (χ1) is 18.1. The first kappa shape index (κ1) is 47.8. The molecule has 0 amide bonds. The Labute approximate surface area is 265 Å². The van der Waals surface area contributed by atoms with Crippen molar-refractivity contribution >= 4 is 23.9 Å². The molecule has 0 spiro atoms. The summed E-state index contributed by atoms with van der Waals surface area (Å²) < 4.78 is 21.4. The second-order valence-corrected chi connectivity index (χ2v) is 12.6. The lowest BCUT2D eigenvalue weighted by Crippen LogP contribution is -2.32. The first-order valence-corrected chi connectivity index (χ1v) is 14.9. The molecule has 43 heavy (non-hydrogen) atoms. The highest BCUT2D eigenvalue weighted by molar-refractivity contribution is 5.77. The summed E-state index contributed by atoms with van der Waals surface area (Å²) in [7, 11) is 0. The lowest BCUT2D eigenvalue weighted by Gasteiger charge is -2.27. The molecule has 0 bridgehead atoms. The molecule has 2 fully saturated rings. The van der Waals surface area contributed by atoms with Gasteiger partial charge < -0.3 is 18.9 Å². The normalized spacial score (nSPS) is 16.3. The van der Waals surface area contributed by atoms with Crippen LogP contribution in [0.15, 0.2) is 0 Å². The van der Waals surface area contributed by atoms with Gasteiger partial charge in [-0.05, 0) is 105 Å². The summed E-state index contributed by atoms with van der Waals surface area (Å²) in [6, 6.07) is 0. The fourth-order valence-electron chi connectivity index (χ4n) is 4.52. The van der Waals surface area contributed by atoms with Gasteiger partial charge >= 0.3 is 23.9 Å². The Hall–Kier alpha value is -2.12. The summed E-state index contributed by atoms with van der Waals surface area (Å²) in [6.45, 7) is 15.5. The van der Waals surface area contributed by atoms with Gasteiger partial charge in [0.05, 0.1) is 23.7 Å². The van der Waals surface area contributed by atoms with Crippen LogP contribution in [0.4, 0.5) is 0 Å². The Bertz CT molecular complexity index is 803. The molecule has 2 aliphatic rings. The highest BCUT2D eigenvalue weighted by Gasteiger charge is 2.36. The van der Waals surface area contributed by atoms with E-state index in [1.807, 2.05) is 48.5 Å². The maximum atomic E-state index is 11.9. The summed E-state index contributed by atoms with van der Waals surface area (Å²) in [6.07, 6.45) is 10.8. The molecule has 0 atom stereocenters. The van der Waals surface area contributed by atoms with Crippen molar-refractivity contribution in [3.63, 3.8) is 0 Å². The van der Waals surface area contributed by atoms with E-state index in [9.17, 15) is 19.2 Å². The zero-order valence-corrected chi connectivity index (χ0v) is 25.9. The molecule has 0 aliphatic heterocycles. The van der Waals surface area contributed by atoms with Crippen molar-refractivity contribution in [1.29, 1.82) is 0 Å². The number of carbonyl (C=O) groups excluding carboxylic acids is 4. The molecule has 0 saturated heterocycles. The maximum Gasteiger partial charge on any atom is 0.311 e. The molecule has 0 radical (unpaired) electrons. The smallest absolute Gasteiger partial charge is 0.311 e. The van der Waals surface area contributed by atoms with Crippen LogP contribution in [0.5, 0.6) is 0 Å². The van der Waals surface area contributed by atoms with Crippen molar-refractivity contribution in [2.45, 2.75) is 180 Å². The third-order valence-corrected chi connectivity index (χ3v) is 8.46. The van der Waals surface area contributed by atoms with Gasteiger partial charge in [-0.15, -0.1) is 0 Å². The van der Waals surface area contributed by atoms with E-state index in [0.717, 1.165) is 64.2 Å². The van der Waals surface area contributed by atoms with E-state index in [-0.39, 0.29) is 90.8 Å². The molecule has 2 aliphatic carbocycles. The number of hydrogen-bond donors (Lipinski definition) is 0. The van der Waals surface area contributed by atoms with Crippen molar-refractivity contribution in [2.75, 3.05) is 13.2 Å². The lowest BCUT2D eigenvalue weighted by molar-refractivity contribution is -0.165. The first-order valence-electron chi connectivity index (χ1n) is 14.9. The predicted molar refractivity (Wildman–Crippen MR) is 177 cm³/mol.